The molecule has 1 fully saturated rings. The number of halogens is 1. The molecule has 0 saturated carbocycles. The largest absolute Gasteiger partial charge is 0.337 e. The minimum Gasteiger partial charge on any atom is -0.337 e. The fraction of sp³-hybridized carbons (Fsp3) is 0.667. The van der Waals surface area contributed by atoms with Gasteiger partial charge in [0.15, 0.2) is 5.03 Å². The highest BCUT2D eigenvalue weighted by atomic mass is 35.5. The standard InChI is InChI=1S/C9H16N4O2S.ClH/c1-7-11-9(6-12(7)3)16(14,15)13-4-8(5-13)10-2;/h6,8,10H,4-5H2,1-3H3;1H. The van der Waals surface area contributed by atoms with Gasteiger partial charge in [0.2, 0.25) is 0 Å². The highest BCUT2D eigenvalue weighted by molar-refractivity contribution is 7.89. The van der Waals surface area contributed by atoms with Crippen molar-refractivity contribution >= 4 is 22.4 Å². The zero-order chi connectivity index (χ0) is 11.9. The van der Waals surface area contributed by atoms with Crippen molar-refractivity contribution in [1.29, 1.82) is 0 Å². The van der Waals surface area contributed by atoms with Gasteiger partial charge in [0.25, 0.3) is 10.0 Å². The molecule has 0 unspecified atom stereocenters. The first-order chi connectivity index (χ1) is 7.45. The van der Waals surface area contributed by atoms with E-state index in [-0.39, 0.29) is 23.5 Å². The van der Waals surface area contributed by atoms with Gasteiger partial charge in [0.05, 0.1) is 0 Å². The Hall–Kier alpha value is -0.630. The third-order valence-corrected chi connectivity index (χ3v) is 4.65. The molecule has 17 heavy (non-hydrogen) atoms. The van der Waals surface area contributed by atoms with Crippen LogP contribution in [0.15, 0.2) is 11.2 Å². The lowest BCUT2D eigenvalue weighted by molar-refractivity contribution is 0.236. The van der Waals surface area contributed by atoms with Gasteiger partial charge >= 0.3 is 0 Å². The van der Waals surface area contributed by atoms with Gasteiger partial charge in [-0.25, -0.2) is 13.4 Å². The number of hydrogen-bond donors (Lipinski definition) is 1. The molecule has 0 radical (unpaired) electrons. The van der Waals surface area contributed by atoms with Gasteiger partial charge < -0.3 is 9.88 Å². The van der Waals surface area contributed by atoms with Crippen LogP contribution in [0.1, 0.15) is 5.82 Å². The van der Waals surface area contributed by atoms with Gasteiger partial charge in [-0.2, -0.15) is 4.31 Å². The highest BCUT2D eigenvalue weighted by Gasteiger charge is 2.37. The number of sulfonamides is 1. The van der Waals surface area contributed by atoms with E-state index in [4.69, 9.17) is 0 Å². The Labute approximate surface area is 107 Å². The number of hydrogen-bond acceptors (Lipinski definition) is 4. The molecule has 1 aromatic rings. The quantitative estimate of drug-likeness (QED) is 0.829. The Morgan fingerprint density at radius 1 is 1.47 bits per heavy atom. The van der Waals surface area contributed by atoms with E-state index < -0.39 is 10.0 Å². The summed E-state index contributed by atoms with van der Waals surface area (Å²) in [4.78, 5) is 4.05. The Morgan fingerprint density at radius 2 is 2.06 bits per heavy atom. The lowest BCUT2D eigenvalue weighted by Crippen LogP contribution is -2.58. The van der Waals surface area contributed by atoms with Crippen LogP contribution in [-0.4, -0.2) is 48.5 Å². The van der Waals surface area contributed by atoms with Gasteiger partial charge in [-0.05, 0) is 14.0 Å². The first kappa shape index (κ1) is 14.4. The van der Waals surface area contributed by atoms with Crippen molar-refractivity contribution in [1.82, 2.24) is 19.2 Å². The summed E-state index contributed by atoms with van der Waals surface area (Å²) in [6, 6.07) is 0.264. The van der Waals surface area contributed by atoms with Crippen LogP contribution in [0.5, 0.6) is 0 Å². The van der Waals surface area contributed by atoms with Gasteiger partial charge in [0, 0.05) is 32.4 Å². The fourth-order valence-electron chi connectivity index (χ4n) is 1.60. The number of rotatable bonds is 3. The summed E-state index contributed by atoms with van der Waals surface area (Å²) in [6.45, 7) is 2.83. The summed E-state index contributed by atoms with van der Waals surface area (Å²) in [7, 11) is 0.233. The molecule has 0 aromatic carbocycles. The second-order valence-electron chi connectivity index (χ2n) is 4.04. The molecule has 0 spiro atoms. The second kappa shape index (κ2) is 4.93. The summed E-state index contributed by atoms with van der Waals surface area (Å²) in [5, 5.41) is 3.18. The van der Waals surface area contributed by atoms with Crippen molar-refractivity contribution in [2.75, 3.05) is 20.1 Å². The third kappa shape index (κ3) is 2.47. The number of likely N-dealkylation sites (N-methyl/N-ethyl adjacent to an activating group) is 1. The van der Waals surface area contributed by atoms with Crippen LogP contribution in [0.4, 0.5) is 0 Å². The maximum atomic E-state index is 12.1. The highest BCUT2D eigenvalue weighted by Crippen LogP contribution is 2.20. The van der Waals surface area contributed by atoms with Gasteiger partial charge in [-0.3, -0.25) is 0 Å². The third-order valence-electron chi connectivity index (χ3n) is 2.95. The van der Waals surface area contributed by atoms with Crippen molar-refractivity contribution in [3.05, 3.63) is 12.0 Å². The van der Waals surface area contributed by atoms with Crippen molar-refractivity contribution < 1.29 is 8.42 Å². The maximum Gasteiger partial charge on any atom is 0.262 e. The van der Waals surface area contributed by atoms with E-state index in [1.165, 1.54) is 4.31 Å². The molecular formula is C9H17ClN4O2S. The monoisotopic (exact) mass is 280 g/mol. The van der Waals surface area contributed by atoms with Crippen molar-refractivity contribution in [3.63, 3.8) is 0 Å². The Bertz CT molecular complexity index is 474. The normalized spacial score (nSPS) is 17.6. The van der Waals surface area contributed by atoms with E-state index in [1.807, 2.05) is 7.05 Å². The molecule has 0 atom stereocenters. The summed E-state index contributed by atoms with van der Waals surface area (Å²) in [5.41, 5.74) is 0. The SMILES string of the molecule is CNC1CN(S(=O)(=O)c2cn(C)c(C)n2)C1.Cl. The predicted octanol–water partition coefficient (Wildman–Crippen LogP) is -0.257. The minimum atomic E-state index is -3.39. The van der Waals surface area contributed by atoms with Gasteiger partial charge in [-0.1, -0.05) is 0 Å². The first-order valence-electron chi connectivity index (χ1n) is 5.12. The number of aryl methyl sites for hydroxylation is 2. The zero-order valence-corrected chi connectivity index (χ0v) is 11.7. The number of nitrogens with one attached hydrogen (secondary N) is 1. The Balaban J connectivity index is 0.00000144. The van der Waals surface area contributed by atoms with Crippen LogP contribution in [0.2, 0.25) is 0 Å². The van der Waals surface area contributed by atoms with Crippen molar-refractivity contribution in [3.8, 4) is 0 Å². The van der Waals surface area contributed by atoms with Crippen LogP contribution in [0, 0.1) is 6.92 Å². The van der Waals surface area contributed by atoms with E-state index in [9.17, 15) is 8.42 Å². The first-order valence-corrected chi connectivity index (χ1v) is 6.56. The fourth-order valence-corrected chi connectivity index (χ4v) is 3.16. The lowest BCUT2D eigenvalue weighted by Gasteiger charge is -2.37. The Kier molecular flexibility index (Phi) is 4.19. The lowest BCUT2D eigenvalue weighted by atomic mass is 10.2. The van der Waals surface area contributed by atoms with Crippen LogP contribution in [0.3, 0.4) is 0 Å². The number of aromatic nitrogens is 2. The molecule has 0 bridgehead atoms. The van der Waals surface area contributed by atoms with Crippen LogP contribution < -0.4 is 5.32 Å². The van der Waals surface area contributed by atoms with Crippen LogP contribution >= 0.6 is 12.4 Å². The minimum absolute atomic E-state index is 0. The molecule has 1 aliphatic heterocycles. The van der Waals surface area contributed by atoms with Gasteiger partial charge in [0.1, 0.15) is 5.82 Å². The molecular weight excluding hydrogens is 264 g/mol. The molecule has 1 N–H and O–H groups in total. The van der Waals surface area contributed by atoms with E-state index >= 15 is 0 Å². The number of imidazole rings is 1. The van der Waals surface area contributed by atoms with E-state index in [0.29, 0.717) is 18.9 Å². The zero-order valence-electron chi connectivity index (χ0n) is 10.0. The average molecular weight is 281 g/mol. The molecule has 98 valence electrons. The van der Waals surface area contributed by atoms with E-state index in [2.05, 4.69) is 10.3 Å². The van der Waals surface area contributed by atoms with Crippen molar-refractivity contribution in [2.45, 2.75) is 18.0 Å². The van der Waals surface area contributed by atoms with E-state index in [1.54, 1.807) is 24.7 Å². The molecule has 2 rings (SSSR count). The summed E-state index contributed by atoms with van der Waals surface area (Å²) >= 11 is 0. The predicted molar refractivity (Wildman–Crippen MR) is 66.8 cm³/mol. The summed E-state index contributed by atoms with van der Waals surface area (Å²) in [5.74, 6) is 0.698. The molecule has 1 aromatic heterocycles. The van der Waals surface area contributed by atoms with Gasteiger partial charge in [-0.15, -0.1) is 12.4 Å². The number of nitrogens with zero attached hydrogens (tertiary/aromatic N) is 3. The van der Waals surface area contributed by atoms with E-state index in [0.717, 1.165) is 0 Å². The smallest absolute Gasteiger partial charge is 0.262 e. The van der Waals surface area contributed by atoms with Crippen LogP contribution in [-0.2, 0) is 17.1 Å². The average Bonchev–Trinajstić information content (AvgIpc) is 2.45. The molecule has 8 heteroatoms. The molecule has 0 amide bonds. The Morgan fingerprint density at radius 3 is 2.47 bits per heavy atom. The second-order valence-corrected chi connectivity index (χ2v) is 5.93. The summed E-state index contributed by atoms with van der Waals surface area (Å²) in [6.07, 6.45) is 1.55. The van der Waals surface area contributed by atoms with Crippen LogP contribution in [0.25, 0.3) is 0 Å². The molecule has 2 heterocycles. The molecule has 6 nitrogen and oxygen atoms in total. The molecule has 1 saturated heterocycles. The van der Waals surface area contributed by atoms with Crippen molar-refractivity contribution in [2.24, 2.45) is 7.05 Å². The topological polar surface area (TPSA) is 67.2 Å². The molecule has 0 aliphatic carbocycles. The molecule has 1 aliphatic rings. The summed E-state index contributed by atoms with van der Waals surface area (Å²) < 4.78 is 27.3. The maximum absolute atomic E-state index is 12.1.